The van der Waals surface area contributed by atoms with Gasteiger partial charge >= 0.3 is 0 Å². The van der Waals surface area contributed by atoms with Crippen molar-refractivity contribution in [2.45, 2.75) is 0 Å². The third kappa shape index (κ3) is 1.45. The molecule has 0 aliphatic heterocycles. The van der Waals surface area contributed by atoms with Crippen molar-refractivity contribution >= 4 is 22.6 Å². The van der Waals surface area contributed by atoms with Gasteiger partial charge in [-0.3, -0.25) is 0 Å². The molecular formula is C6H5IN2. The number of hydrogen-bond donors (Lipinski definition) is 0. The lowest BCUT2D eigenvalue weighted by Gasteiger charge is -1.87. The molecule has 2 nitrogen and oxygen atoms in total. The first kappa shape index (κ1) is 6.62. The zero-order valence-corrected chi connectivity index (χ0v) is 7.08. The van der Waals surface area contributed by atoms with E-state index in [1.807, 2.05) is 34.2 Å². The van der Waals surface area contributed by atoms with Gasteiger partial charge in [-0.25, -0.2) is 4.98 Å². The van der Waals surface area contributed by atoms with Crippen LogP contribution in [-0.2, 0) is 7.05 Å². The quantitative estimate of drug-likeness (QED) is 0.484. The second kappa shape index (κ2) is 2.87. The molecule has 0 bridgehead atoms. The molecule has 1 rings (SSSR count). The van der Waals surface area contributed by atoms with Crippen molar-refractivity contribution in [3.8, 4) is 9.85 Å². The standard InChI is InChI=1S/C6H5IN2/c1-9-5-8-4-6(9)2-3-7/h4-5H,1H3. The smallest absolute Gasteiger partial charge is 0.112 e. The van der Waals surface area contributed by atoms with Gasteiger partial charge in [0.25, 0.3) is 0 Å². The second-order valence-electron chi connectivity index (χ2n) is 1.61. The maximum absolute atomic E-state index is 3.90. The van der Waals surface area contributed by atoms with Crippen LogP contribution in [0, 0.1) is 9.85 Å². The van der Waals surface area contributed by atoms with Crippen LogP contribution in [0.15, 0.2) is 12.5 Å². The fourth-order valence-electron chi connectivity index (χ4n) is 0.526. The molecular weight excluding hydrogens is 227 g/mol. The number of halogens is 1. The monoisotopic (exact) mass is 232 g/mol. The summed E-state index contributed by atoms with van der Waals surface area (Å²) in [6, 6.07) is 0. The SMILES string of the molecule is Cn1cncc1C#CI. The Morgan fingerprint density at radius 1 is 1.78 bits per heavy atom. The third-order valence-electron chi connectivity index (χ3n) is 0.992. The normalized spacial score (nSPS) is 8.22. The van der Waals surface area contributed by atoms with E-state index < -0.39 is 0 Å². The number of hydrogen-bond acceptors (Lipinski definition) is 1. The van der Waals surface area contributed by atoms with Crippen LogP contribution >= 0.6 is 22.6 Å². The highest BCUT2D eigenvalue weighted by molar-refractivity contribution is 14.1. The van der Waals surface area contributed by atoms with Gasteiger partial charge in [-0.1, -0.05) is 0 Å². The van der Waals surface area contributed by atoms with E-state index in [2.05, 4.69) is 14.8 Å². The molecule has 0 saturated carbocycles. The van der Waals surface area contributed by atoms with Gasteiger partial charge in [0.2, 0.25) is 0 Å². The Hall–Kier alpha value is -0.500. The van der Waals surface area contributed by atoms with Crippen LogP contribution in [0.3, 0.4) is 0 Å². The molecule has 46 valence electrons. The molecule has 0 spiro atoms. The zero-order chi connectivity index (χ0) is 6.69. The van der Waals surface area contributed by atoms with Crippen LogP contribution in [0.25, 0.3) is 0 Å². The molecule has 0 fully saturated rings. The number of aryl methyl sites for hydroxylation is 1. The predicted molar refractivity (Wildman–Crippen MR) is 44.1 cm³/mol. The summed E-state index contributed by atoms with van der Waals surface area (Å²) < 4.78 is 4.65. The molecule has 0 amide bonds. The molecule has 0 aromatic carbocycles. The molecule has 0 radical (unpaired) electrons. The van der Waals surface area contributed by atoms with Gasteiger partial charge < -0.3 is 4.57 Å². The average molecular weight is 232 g/mol. The summed E-state index contributed by atoms with van der Waals surface area (Å²) in [6.07, 6.45) is 3.47. The van der Waals surface area contributed by atoms with E-state index in [1.54, 1.807) is 12.5 Å². The first-order valence-electron chi connectivity index (χ1n) is 2.42. The maximum Gasteiger partial charge on any atom is 0.112 e. The Labute approximate surface area is 67.4 Å². The number of rotatable bonds is 0. The minimum absolute atomic E-state index is 0.949. The highest BCUT2D eigenvalue weighted by atomic mass is 127. The van der Waals surface area contributed by atoms with Crippen molar-refractivity contribution in [2.75, 3.05) is 0 Å². The fourth-order valence-corrected chi connectivity index (χ4v) is 0.802. The van der Waals surface area contributed by atoms with Gasteiger partial charge in [0, 0.05) is 29.6 Å². The molecule has 0 atom stereocenters. The molecule has 1 aromatic rings. The number of imidazole rings is 1. The Morgan fingerprint density at radius 2 is 2.56 bits per heavy atom. The highest BCUT2D eigenvalue weighted by Crippen LogP contribution is 1.92. The van der Waals surface area contributed by atoms with Crippen LogP contribution in [0.2, 0.25) is 0 Å². The lowest BCUT2D eigenvalue weighted by molar-refractivity contribution is 0.899. The Balaban J connectivity index is 3.03. The van der Waals surface area contributed by atoms with E-state index in [0.29, 0.717) is 0 Å². The van der Waals surface area contributed by atoms with Gasteiger partial charge in [0.15, 0.2) is 0 Å². The van der Waals surface area contributed by atoms with Crippen molar-refractivity contribution in [3.63, 3.8) is 0 Å². The van der Waals surface area contributed by atoms with Crippen LogP contribution < -0.4 is 0 Å². The van der Waals surface area contributed by atoms with Gasteiger partial charge in [-0.05, 0) is 9.85 Å². The first-order chi connectivity index (χ1) is 4.34. The highest BCUT2D eigenvalue weighted by Gasteiger charge is 1.88. The summed E-state index contributed by atoms with van der Waals surface area (Å²) in [6.45, 7) is 0. The van der Waals surface area contributed by atoms with Gasteiger partial charge in [-0.15, -0.1) is 0 Å². The van der Waals surface area contributed by atoms with E-state index in [4.69, 9.17) is 0 Å². The maximum atomic E-state index is 3.90. The number of aromatic nitrogens is 2. The Morgan fingerprint density at radius 3 is 3.00 bits per heavy atom. The molecule has 1 heterocycles. The first-order valence-corrected chi connectivity index (χ1v) is 3.50. The second-order valence-corrected chi connectivity index (χ2v) is 2.15. The predicted octanol–water partition coefficient (Wildman–Crippen LogP) is 1.16. The lowest BCUT2D eigenvalue weighted by atomic mass is 10.5. The number of nitrogens with zero attached hydrogens (tertiary/aromatic N) is 2. The summed E-state index contributed by atoms with van der Waals surface area (Å²) in [4.78, 5) is 3.90. The average Bonchev–Trinajstić information content (AvgIpc) is 2.18. The van der Waals surface area contributed by atoms with E-state index in [1.165, 1.54) is 0 Å². The van der Waals surface area contributed by atoms with Crippen molar-refractivity contribution in [1.29, 1.82) is 0 Å². The summed E-state index contributed by atoms with van der Waals surface area (Å²) in [7, 11) is 1.92. The minimum Gasteiger partial charge on any atom is -0.327 e. The van der Waals surface area contributed by atoms with Crippen molar-refractivity contribution in [1.82, 2.24) is 9.55 Å². The van der Waals surface area contributed by atoms with Gasteiger partial charge in [0.1, 0.15) is 5.69 Å². The van der Waals surface area contributed by atoms with E-state index in [9.17, 15) is 0 Å². The third-order valence-corrected chi connectivity index (χ3v) is 1.26. The summed E-state index contributed by atoms with van der Waals surface area (Å²) >= 11 is 2.00. The summed E-state index contributed by atoms with van der Waals surface area (Å²) in [5.41, 5.74) is 0.949. The fraction of sp³-hybridized carbons (Fsp3) is 0.167. The van der Waals surface area contributed by atoms with E-state index in [-0.39, 0.29) is 0 Å². The van der Waals surface area contributed by atoms with Crippen molar-refractivity contribution in [2.24, 2.45) is 7.05 Å². The van der Waals surface area contributed by atoms with E-state index >= 15 is 0 Å². The Kier molecular flexibility index (Phi) is 2.11. The van der Waals surface area contributed by atoms with Crippen LogP contribution in [0.4, 0.5) is 0 Å². The van der Waals surface area contributed by atoms with Crippen LogP contribution in [0.1, 0.15) is 5.69 Å². The van der Waals surface area contributed by atoms with Crippen LogP contribution in [-0.4, -0.2) is 9.55 Å². The van der Waals surface area contributed by atoms with E-state index in [0.717, 1.165) is 5.69 Å². The zero-order valence-electron chi connectivity index (χ0n) is 4.93. The molecule has 1 aromatic heterocycles. The minimum atomic E-state index is 0.949. The topological polar surface area (TPSA) is 17.8 Å². The van der Waals surface area contributed by atoms with Gasteiger partial charge in [-0.2, -0.15) is 0 Å². The summed E-state index contributed by atoms with van der Waals surface area (Å²) in [5, 5.41) is 0. The molecule has 0 aliphatic carbocycles. The molecule has 0 unspecified atom stereocenters. The molecule has 9 heavy (non-hydrogen) atoms. The van der Waals surface area contributed by atoms with Crippen molar-refractivity contribution < 1.29 is 0 Å². The molecule has 0 N–H and O–H groups in total. The lowest BCUT2D eigenvalue weighted by Crippen LogP contribution is -1.87. The molecule has 0 saturated heterocycles. The van der Waals surface area contributed by atoms with Gasteiger partial charge in [0.05, 0.1) is 12.5 Å². The van der Waals surface area contributed by atoms with Crippen molar-refractivity contribution in [3.05, 3.63) is 18.2 Å². The Bertz CT molecular complexity index is 254. The largest absolute Gasteiger partial charge is 0.327 e. The molecule has 3 heteroatoms. The molecule has 0 aliphatic rings. The van der Waals surface area contributed by atoms with Crippen LogP contribution in [0.5, 0.6) is 0 Å². The summed E-state index contributed by atoms with van der Waals surface area (Å²) in [5.74, 6) is 2.89.